The predicted molar refractivity (Wildman–Crippen MR) is 113 cm³/mol. The van der Waals surface area contributed by atoms with Crippen LogP contribution >= 0.6 is 11.8 Å². The van der Waals surface area contributed by atoms with Gasteiger partial charge in [0.15, 0.2) is 6.23 Å². The van der Waals surface area contributed by atoms with Crippen LogP contribution < -0.4 is 22.7 Å². The standard InChI is InChI=1S/C10H12N2O4.C8H11N3O3S/c1-6-4-12(10(15)11-9(6)14)8-3-2-7(5-13)16-8;9-5-1-2-11(8(13)10-5)6-4-15-7(3-12)14-6/h2-4,7-8,13H,5H2,1H3,(H,11,14,15);1-2,6-7,12H,3-4H2,(H2,9,10,13)/t7-,8+;6-,7+/m01/s1. The van der Waals surface area contributed by atoms with Gasteiger partial charge in [-0.15, -0.1) is 11.8 Å². The Morgan fingerprint density at radius 2 is 2.00 bits per heavy atom. The van der Waals surface area contributed by atoms with Crippen molar-refractivity contribution in [3.8, 4) is 0 Å². The van der Waals surface area contributed by atoms with E-state index in [2.05, 4.69) is 9.97 Å². The molecule has 0 spiro atoms. The van der Waals surface area contributed by atoms with E-state index >= 15 is 0 Å². The summed E-state index contributed by atoms with van der Waals surface area (Å²) in [5.74, 6) is 0.817. The van der Waals surface area contributed by atoms with Crippen molar-refractivity contribution >= 4 is 17.6 Å². The van der Waals surface area contributed by atoms with Gasteiger partial charge >= 0.3 is 11.4 Å². The molecule has 4 rings (SSSR count). The number of nitrogens with one attached hydrogen (secondary N) is 1. The van der Waals surface area contributed by atoms with E-state index in [1.165, 1.54) is 27.1 Å². The molecule has 2 aliphatic heterocycles. The van der Waals surface area contributed by atoms with Gasteiger partial charge in [-0.2, -0.15) is 4.98 Å². The fraction of sp³-hybridized carbons (Fsp3) is 0.444. The summed E-state index contributed by atoms with van der Waals surface area (Å²) in [5.41, 5.74) is 4.18. The molecule has 2 aliphatic rings. The number of aryl methyl sites for hydroxylation is 1. The van der Waals surface area contributed by atoms with E-state index in [0.717, 1.165) is 0 Å². The molecular weight excluding hydrogens is 430 g/mol. The lowest BCUT2D eigenvalue weighted by molar-refractivity contribution is -0.0104. The topological polar surface area (TPSA) is 175 Å². The number of anilines is 1. The molecule has 0 aliphatic carbocycles. The number of nitrogens with two attached hydrogens (primary N) is 1. The average molecular weight is 453 g/mol. The summed E-state index contributed by atoms with van der Waals surface area (Å²) in [6.07, 6.45) is 5.00. The predicted octanol–water partition coefficient (Wildman–Crippen LogP) is -1.30. The van der Waals surface area contributed by atoms with Crippen molar-refractivity contribution in [3.63, 3.8) is 0 Å². The smallest absolute Gasteiger partial charge is 0.351 e. The number of hydrogen-bond donors (Lipinski definition) is 4. The number of ether oxygens (including phenoxy) is 2. The third-order valence-electron chi connectivity index (χ3n) is 4.45. The summed E-state index contributed by atoms with van der Waals surface area (Å²) in [7, 11) is 0. The number of rotatable bonds is 4. The van der Waals surface area contributed by atoms with Gasteiger partial charge in [-0.1, -0.05) is 6.08 Å². The second kappa shape index (κ2) is 10.1. The molecule has 0 amide bonds. The number of aromatic amines is 1. The molecular formula is C18H23N5O7S. The monoisotopic (exact) mass is 453 g/mol. The number of aliphatic hydroxyl groups is 2. The Balaban J connectivity index is 0.000000176. The van der Waals surface area contributed by atoms with Crippen molar-refractivity contribution in [2.75, 3.05) is 24.7 Å². The molecule has 12 nitrogen and oxygen atoms in total. The summed E-state index contributed by atoms with van der Waals surface area (Å²) in [5, 5.41) is 17.8. The van der Waals surface area contributed by atoms with Gasteiger partial charge in [0.1, 0.15) is 23.6 Å². The summed E-state index contributed by atoms with van der Waals surface area (Å²) in [4.78, 5) is 39.9. The van der Waals surface area contributed by atoms with Crippen LogP contribution in [-0.4, -0.2) is 59.8 Å². The number of hydrogen-bond acceptors (Lipinski definition) is 10. The maximum absolute atomic E-state index is 11.5. The van der Waals surface area contributed by atoms with Crippen LogP contribution in [0.5, 0.6) is 0 Å². The van der Waals surface area contributed by atoms with Gasteiger partial charge in [0.2, 0.25) is 0 Å². The summed E-state index contributed by atoms with van der Waals surface area (Å²) >= 11 is 1.47. The molecule has 0 unspecified atom stereocenters. The molecule has 0 bridgehead atoms. The number of H-pyrrole nitrogens is 1. The van der Waals surface area contributed by atoms with E-state index in [1.54, 1.807) is 31.3 Å². The van der Waals surface area contributed by atoms with Crippen molar-refractivity contribution < 1.29 is 19.7 Å². The first-order valence-corrected chi connectivity index (χ1v) is 10.4. The molecule has 1 saturated heterocycles. The second-order valence-electron chi connectivity index (χ2n) is 6.69. The van der Waals surface area contributed by atoms with Crippen molar-refractivity contribution in [1.82, 2.24) is 19.1 Å². The van der Waals surface area contributed by atoms with Gasteiger partial charge in [-0.25, -0.2) is 9.59 Å². The Labute approximate surface area is 180 Å². The normalized spacial score (nSPS) is 24.7. The highest BCUT2D eigenvalue weighted by Crippen LogP contribution is 2.30. The number of thioether (sulfide) groups is 1. The third kappa shape index (κ3) is 5.51. The van der Waals surface area contributed by atoms with Crippen LogP contribution in [0.15, 0.2) is 45.0 Å². The number of aliphatic hydroxyl groups excluding tert-OH is 2. The molecule has 13 heteroatoms. The first-order chi connectivity index (χ1) is 14.8. The molecule has 31 heavy (non-hydrogen) atoms. The Hall–Kier alpha value is -2.71. The number of nitrogens with zero attached hydrogens (tertiary/aromatic N) is 3. The Kier molecular flexibility index (Phi) is 7.46. The molecule has 5 N–H and O–H groups in total. The van der Waals surface area contributed by atoms with Crippen LogP contribution in [0.25, 0.3) is 0 Å². The minimum Gasteiger partial charge on any atom is -0.393 e. The molecule has 2 aromatic heterocycles. The SMILES string of the molecule is Cc1cn([C@H]2C=C[C@@H](CO)O2)c(=O)[nH]c1=O.Nc1ccn([C@H]2CS[C@@H](CO)O2)c(=O)n1. The van der Waals surface area contributed by atoms with E-state index in [0.29, 0.717) is 11.3 Å². The van der Waals surface area contributed by atoms with Gasteiger partial charge in [0, 0.05) is 23.7 Å². The van der Waals surface area contributed by atoms with Crippen LogP contribution in [0.2, 0.25) is 0 Å². The maximum atomic E-state index is 11.5. The highest BCUT2D eigenvalue weighted by Gasteiger charge is 2.27. The Bertz CT molecular complexity index is 1110. The minimum atomic E-state index is -0.569. The van der Waals surface area contributed by atoms with Crippen molar-refractivity contribution in [2.45, 2.75) is 30.9 Å². The van der Waals surface area contributed by atoms with E-state index in [-0.39, 0.29) is 30.7 Å². The molecule has 0 aromatic carbocycles. The van der Waals surface area contributed by atoms with Crippen molar-refractivity contribution in [3.05, 3.63) is 67.5 Å². The first-order valence-electron chi connectivity index (χ1n) is 9.31. The fourth-order valence-corrected chi connectivity index (χ4v) is 3.79. The molecule has 2 aromatic rings. The molecule has 4 heterocycles. The number of nitrogen functional groups attached to an aromatic ring is 1. The van der Waals surface area contributed by atoms with Gasteiger partial charge in [-0.3, -0.25) is 18.9 Å². The highest BCUT2D eigenvalue weighted by molar-refractivity contribution is 8.00. The quantitative estimate of drug-likeness (QED) is 0.407. The van der Waals surface area contributed by atoms with Crippen LogP contribution in [0.1, 0.15) is 18.0 Å². The maximum Gasteiger partial charge on any atom is 0.351 e. The first kappa shape index (κ1) is 23.0. The zero-order valence-corrected chi connectivity index (χ0v) is 17.4. The van der Waals surface area contributed by atoms with Gasteiger partial charge < -0.3 is 25.4 Å². The Morgan fingerprint density at radius 3 is 2.61 bits per heavy atom. The lowest BCUT2D eigenvalue weighted by Gasteiger charge is -2.14. The van der Waals surface area contributed by atoms with Crippen LogP contribution in [-0.2, 0) is 9.47 Å². The molecule has 1 fully saturated rings. The van der Waals surface area contributed by atoms with E-state index in [4.69, 9.17) is 25.4 Å². The zero-order chi connectivity index (χ0) is 22.5. The molecule has 0 radical (unpaired) electrons. The van der Waals surface area contributed by atoms with Crippen LogP contribution in [0.4, 0.5) is 5.82 Å². The second-order valence-corrected chi connectivity index (χ2v) is 7.88. The third-order valence-corrected chi connectivity index (χ3v) is 5.56. The average Bonchev–Trinajstić information content (AvgIpc) is 3.40. The zero-order valence-electron chi connectivity index (χ0n) is 16.6. The van der Waals surface area contributed by atoms with Crippen molar-refractivity contribution in [1.29, 1.82) is 0 Å². The van der Waals surface area contributed by atoms with E-state index in [1.807, 2.05) is 0 Å². The highest BCUT2D eigenvalue weighted by atomic mass is 32.2. The lowest BCUT2D eigenvalue weighted by atomic mass is 10.3. The van der Waals surface area contributed by atoms with E-state index in [9.17, 15) is 14.4 Å². The summed E-state index contributed by atoms with van der Waals surface area (Å²) in [6, 6.07) is 1.54. The Morgan fingerprint density at radius 1 is 1.23 bits per heavy atom. The lowest BCUT2D eigenvalue weighted by Crippen LogP contribution is -2.33. The molecule has 0 saturated carbocycles. The summed E-state index contributed by atoms with van der Waals surface area (Å²) < 4.78 is 13.4. The van der Waals surface area contributed by atoms with Crippen LogP contribution in [0, 0.1) is 6.92 Å². The van der Waals surface area contributed by atoms with Gasteiger partial charge in [0.05, 0.1) is 13.2 Å². The van der Waals surface area contributed by atoms with Gasteiger partial charge in [0.25, 0.3) is 5.56 Å². The van der Waals surface area contributed by atoms with Gasteiger partial charge in [-0.05, 0) is 19.1 Å². The molecule has 4 atom stereocenters. The largest absolute Gasteiger partial charge is 0.393 e. The van der Waals surface area contributed by atoms with E-state index < -0.39 is 29.3 Å². The number of aromatic nitrogens is 4. The molecule has 168 valence electrons. The fourth-order valence-electron chi connectivity index (χ4n) is 2.86. The minimum absolute atomic E-state index is 0.0572. The van der Waals surface area contributed by atoms with Crippen LogP contribution in [0.3, 0.4) is 0 Å². The summed E-state index contributed by atoms with van der Waals surface area (Å²) in [6.45, 7) is 1.42. The van der Waals surface area contributed by atoms with Crippen molar-refractivity contribution in [2.24, 2.45) is 0 Å².